The lowest BCUT2D eigenvalue weighted by Gasteiger charge is -2.19. The summed E-state index contributed by atoms with van der Waals surface area (Å²) in [6.45, 7) is 4.15. The van der Waals surface area contributed by atoms with E-state index in [4.69, 9.17) is 9.47 Å². The number of nitrogens with one attached hydrogen (secondary N) is 1. The molecule has 0 radical (unpaired) electrons. The first-order chi connectivity index (χ1) is 16.2. The fourth-order valence-electron chi connectivity index (χ4n) is 3.78. The van der Waals surface area contributed by atoms with Gasteiger partial charge < -0.3 is 9.47 Å². The van der Waals surface area contributed by atoms with Gasteiger partial charge in [-0.3, -0.25) is 4.79 Å². The van der Waals surface area contributed by atoms with Gasteiger partial charge in [-0.15, -0.1) is 0 Å². The molecule has 0 aliphatic carbocycles. The molecular weight excluding hydrogens is 461 g/mol. The predicted molar refractivity (Wildman–Crippen MR) is 123 cm³/mol. The molecule has 1 aromatic carbocycles. The van der Waals surface area contributed by atoms with Crippen LogP contribution in [0.2, 0.25) is 0 Å². The van der Waals surface area contributed by atoms with Crippen molar-refractivity contribution >= 4 is 15.9 Å². The molecule has 1 N–H and O–H groups in total. The second-order valence-corrected chi connectivity index (χ2v) is 9.77. The Morgan fingerprint density at radius 1 is 1.06 bits per heavy atom. The van der Waals surface area contributed by atoms with Crippen molar-refractivity contribution in [2.75, 3.05) is 13.2 Å². The first-order valence-electron chi connectivity index (χ1n) is 10.8. The van der Waals surface area contributed by atoms with E-state index in [1.807, 2.05) is 13.8 Å². The van der Waals surface area contributed by atoms with Crippen LogP contribution < -0.4 is 14.2 Å². The van der Waals surface area contributed by atoms with Crippen LogP contribution in [-0.2, 0) is 21.2 Å². The number of sulfonamides is 1. The topological polar surface area (TPSA) is 107 Å². The SMILES string of the molecule is CC(C)c1cc(F)cc2c1CC(=O)NS(=O)(=O)c1cccnc1OCCCOc1cc-2ccn1. The van der Waals surface area contributed by atoms with Crippen LogP contribution in [0.4, 0.5) is 4.39 Å². The van der Waals surface area contributed by atoms with Crippen molar-refractivity contribution in [3.8, 4) is 22.9 Å². The summed E-state index contributed by atoms with van der Waals surface area (Å²) in [6.07, 6.45) is 3.09. The Balaban J connectivity index is 1.84. The van der Waals surface area contributed by atoms with Gasteiger partial charge in [0.05, 0.1) is 19.6 Å². The van der Waals surface area contributed by atoms with Crippen molar-refractivity contribution in [1.29, 1.82) is 0 Å². The summed E-state index contributed by atoms with van der Waals surface area (Å²) in [5.74, 6) is -1.10. The van der Waals surface area contributed by atoms with Crippen molar-refractivity contribution in [2.45, 2.75) is 37.5 Å². The minimum absolute atomic E-state index is 0.111. The van der Waals surface area contributed by atoms with Gasteiger partial charge in [-0.2, -0.15) is 0 Å². The molecule has 1 aliphatic rings. The van der Waals surface area contributed by atoms with Crippen LogP contribution in [-0.4, -0.2) is 37.5 Å². The van der Waals surface area contributed by atoms with E-state index in [0.717, 1.165) is 0 Å². The van der Waals surface area contributed by atoms with Crippen molar-refractivity contribution in [1.82, 2.24) is 14.7 Å². The highest BCUT2D eigenvalue weighted by atomic mass is 32.2. The van der Waals surface area contributed by atoms with E-state index in [9.17, 15) is 17.6 Å². The number of benzene rings is 1. The highest BCUT2D eigenvalue weighted by Gasteiger charge is 2.25. The quantitative estimate of drug-likeness (QED) is 0.561. The number of amides is 1. The summed E-state index contributed by atoms with van der Waals surface area (Å²) >= 11 is 0. The maximum Gasteiger partial charge on any atom is 0.269 e. The Morgan fingerprint density at radius 3 is 2.65 bits per heavy atom. The largest absolute Gasteiger partial charge is 0.478 e. The van der Waals surface area contributed by atoms with Gasteiger partial charge in [-0.1, -0.05) is 13.8 Å². The van der Waals surface area contributed by atoms with Crippen LogP contribution >= 0.6 is 0 Å². The molecule has 10 heteroatoms. The van der Waals surface area contributed by atoms with Gasteiger partial charge in [0, 0.05) is 24.9 Å². The number of halogens is 1. The second kappa shape index (κ2) is 9.76. The van der Waals surface area contributed by atoms with Crippen molar-refractivity contribution in [3.05, 3.63) is 65.7 Å². The average molecular weight is 486 g/mol. The number of carbonyl (C=O) groups is 1. The number of hydrogen-bond acceptors (Lipinski definition) is 7. The average Bonchev–Trinajstić information content (AvgIpc) is 2.79. The molecule has 0 unspecified atom stereocenters. The minimum atomic E-state index is -4.26. The Bertz CT molecular complexity index is 1330. The van der Waals surface area contributed by atoms with E-state index in [0.29, 0.717) is 34.6 Å². The Hall–Kier alpha value is -3.53. The van der Waals surface area contributed by atoms with Crippen molar-refractivity contribution in [2.24, 2.45) is 0 Å². The summed E-state index contributed by atoms with van der Waals surface area (Å²) in [7, 11) is -4.26. The van der Waals surface area contributed by atoms with Crippen LogP contribution in [0.3, 0.4) is 0 Å². The molecule has 3 heterocycles. The molecule has 1 aliphatic heterocycles. The van der Waals surface area contributed by atoms with Gasteiger partial charge in [0.25, 0.3) is 10.0 Å². The third-order valence-electron chi connectivity index (χ3n) is 5.31. The first-order valence-corrected chi connectivity index (χ1v) is 12.3. The van der Waals surface area contributed by atoms with Gasteiger partial charge in [0.2, 0.25) is 17.7 Å². The monoisotopic (exact) mass is 485 g/mol. The zero-order valence-corrected chi connectivity index (χ0v) is 19.6. The van der Waals surface area contributed by atoms with Gasteiger partial charge in [-0.25, -0.2) is 27.5 Å². The molecular formula is C24H24FN3O5S. The lowest BCUT2D eigenvalue weighted by atomic mass is 9.88. The number of fused-ring (bicyclic) bond motifs is 5. The lowest BCUT2D eigenvalue weighted by molar-refractivity contribution is -0.118. The molecule has 0 fully saturated rings. The number of nitrogens with zero attached hydrogens (tertiary/aromatic N) is 2. The summed E-state index contributed by atoms with van der Waals surface area (Å²) in [6, 6.07) is 8.82. The number of rotatable bonds is 1. The third kappa shape index (κ3) is 5.17. The molecule has 0 saturated heterocycles. The van der Waals surface area contributed by atoms with E-state index < -0.39 is 21.7 Å². The molecule has 34 heavy (non-hydrogen) atoms. The molecule has 0 atom stereocenters. The van der Waals surface area contributed by atoms with Gasteiger partial charge in [-0.05, 0) is 58.5 Å². The van der Waals surface area contributed by atoms with Crippen LogP contribution in [0, 0.1) is 5.82 Å². The van der Waals surface area contributed by atoms with Gasteiger partial charge in [0.15, 0.2) is 0 Å². The Kier molecular flexibility index (Phi) is 6.78. The van der Waals surface area contributed by atoms with Crippen molar-refractivity contribution < 1.29 is 27.1 Å². The van der Waals surface area contributed by atoms with Crippen LogP contribution in [0.5, 0.6) is 11.8 Å². The van der Waals surface area contributed by atoms with E-state index >= 15 is 0 Å². The molecule has 0 saturated carbocycles. The zero-order chi connectivity index (χ0) is 24.3. The fourth-order valence-corrected chi connectivity index (χ4v) is 4.86. The third-order valence-corrected chi connectivity index (χ3v) is 6.69. The number of aromatic nitrogens is 2. The van der Waals surface area contributed by atoms with E-state index in [1.54, 1.807) is 18.3 Å². The van der Waals surface area contributed by atoms with Gasteiger partial charge in [0.1, 0.15) is 10.7 Å². The Morgan fingerprint density at radius 2 is 1.85 bits per heavy atom. The zero-order valence-electron chi connectivity index (χ0n) is 18.7. The molecule has 0 spiro atoms. The molecule has 178 valence electrons. The van der Waals surface area contributed by atoms with Crippen LogP contribution in [0.25, 0.3) is 11.1 Å². The summed E-state index contributed by atoms with van der Waals surface area (Å²) in [4.78, 5) is 20.9. The number of pyridine rings is 2. The highest BCUT2D eigenvalue weighted by molar-refractivity contribution is 7.90. The molecule has 4 rings (SSSR count). The predicted octanol–water partition coefficient (Wildman–Crippen LogP) is 3.62. The van der Waals surface area contributed by atoms with Crippen LogP contribution in [0.15, 0.2) is 53.7 Å². The molecule has 8 nitrogen and oxygen atoms in total. The fraction of sp³-hybridized carbons (Fsp3) is 0.292. The maximum absolute atomic E-state index is 14.6. The second-order valence-electron chi connectivity index (χ2n) is 8.12. The van der Waals surface area contributed by atoms with E-state index in [1.165, 1.54) is 30.5 Å². The number of ether oxygens (including phenoxy) is 2. The first kappa shape index (κ1) is 23.6. The summed E-state index contributed by atoms with van der Waals surface area (Å²) in [5.41, 5.74) is 2.21. The number of hydrogen-bond donors (Lipinski definition) is 1. The Labute approximate surface area is 197 Å². The smallest absolute Gasteiger partial charge is 0.269 e. The highest BCUT2D eigenvalue weighted by Crippen LogP contribution is 2.33. The molecule has 1 amide bonds. The van der Waals surface area contributed by atoms with Crippen molar-refractivity contribution in [3.63, 3.8) is 0 Å². The van der Waals surface area contributed by atoms with E-state index in [2.05, 4.69) is 14.7 Å². The standard InChI is InChI=1S/C24H24FN3O5S/c1-15(2)18-12-17(25)13-19-16-6-8-26-23(11-16)32-9-4-10-33-24-21(5-3-7-27-24)34(30,31)28-22(29)14-20(18)19/h3,5-8,11-13,15H,4,9-10,14H2,1-2H3,(H,28,29). The summed E-state index contributed by atoms with van der Waals surface area (Å²) < 4.78 is 53.9. The summed E-state index contributed by atoms with van der Waals surface area (Å²) in [5, 5.41) is 0. The molecule has 3 aromatic rings. The van der Waals surface area contributed by atoms with Gasteiger partial charge >= 0.3 is 0 Å². The lowest BCUT2D eigenvalue weighted by Crippen LogP contribution is -2.32. The van der Waals surface area contributed by atoms with E-state index in [-0.39, 0.29) is 36.3 Å². The molecule has 2 bridgehead atoms. The molecule has 2 aromatic heterocycles. The maximum atomic E-state index is 14.6. The normalized spacial score (nSPS) is 15.9. The van der Waals surface area contributed by atoms with Crippen LogP contribution in [0.1, 0.15) is 37.3 Å². The number of carbonyl (C=O) groups excluding carboxylic acids is 1. The minimum Gasteiger partial charge on any atom is -0.478 e.